The van der Waals surface area contributed by atoms with E-state index >= 15 is 0 Å². The lowest BCUT2D eigenvalue weighted by Crippen LogP contribution is -2.12. The number of primary sulfonamides is 1. The van der Waals surface area contributed by atoms with Gasteiger partial charge in [0.1, 0.15) is 5.82 Å². The van der Waals surface area contributed by atoms with Crippen molar-refractivity contribution in [3.8, 4) is 16.9 Å². The fourth-order valence-electron chi connectivity index (χ4n) is 2.60. The molecule has 27 heavy (non-hydrogen) atoms. The summed E-state index contributed by atoms with van der Waals surface area (Å²) in [6.07, 6.45) is -0.388. The molecule has 0 radical (unpaired) electrons. The van der Waals surface area contributed by atoms with E-state index < -0.39 is 21.8 Å². The molecule has 0 fully saturated rings. The molecule has 0 saturated heterocycles. The van der Waals surface area contributed by atoms with E-state index in [1.165, 1.54) is 53.2 Å². The van der Waals surface area contributed by atoms with Crippen molar-refractivity contribution < 1.29 is 22.7 Å². The second kappa shape index (κ2) is 7.10. The second-order valence-electron chi connectivity index (χ2n) is 5.65. The first kappa shape index (κ1) is 19.0. The van der Waals surface area contributed by atoms with E-state index in [9.17, 15) is 22.7 Å². The van der Waals surface area contributed by atoms with Gasteiger partial charge in [-0.05, 0) is 48.5 Å². The highest BCUT2D eigenvalue weighted by molar-refractivity contribution is 7.89. The summed E-state index contributed by atoms with van der Waals surface area (Å²) in [7, 11) is -3.86. The van der Waals surface area contributed by atoms with Gasteiger partial charge in [-0.25, -0.2) is 22.6 Å². The van der Waals surface area contributed by atoms with Gasteiger partial charge >= 0.3 is 5.97 Å². The van der Waals surface area contributed by atoms with Crippen LogP contribution < -0.4 is 5.14 Å². The molecular formula is C17H13ClFN3O4S. The number of carboxylic acid groups (broad SMARTS) is 1. The van der Waals surface area contributed by atoms with Gasteiger partial charge in [0.15, 0.2) is 5.15 Å². The molecule has 7 nitrogen and oxygen atoms in total. The molecule has 10 heteroatoms. The zero-order chi connectivity index (χ0) is 19.8. The van der Waals surface area contributed by atoms with Crippen molar-refractivity contribution in [2.45, 2.75) is 11.3 Å². The van der Waals surface area contributed by atoms with Crippen molar-refractivity contribution in [2.24, 2.45) is 5.14 Å². The van der Waals surface area contributed by atoms with Crippen LogP contribution in [-0.4, -0.2) is 29.3 Å². The summed E-state index contributed by atoms with van der Waals surface area (Å²) in [5.41, 5.74) is 1.56. The van der Waals surface area contributed by atoms with E-state index in [1.807, 2.05) is 0 Å². The summed E-state index contributed by atoms with van der Waals surface area (Å²) >= 11 is 6.14. The number of nitrogens with zero attached hydrogens (tertiary/aromatic N) is 2. The van der Waals surface area contributed by atoms with E-state index in [0.717, 1.165) is 0 Å². The highest BCUT2D eigenvalue weighted by atomic mass is 35.5. The Labute approximate surface area is 158 Å². The number of halogens is 2. The third-order valence-electron chi connectivity index (χ3n) is 3.79. The molecule has 140 valence electrons. The Morgan fingerprint density at radius 3 is 2.26 bits per heavy atom. The number of carbonyl (C=O) groups is 1. The highest BCUT2D eigenvalue weighted by Gasteiger charge is 2.22. The number of rotatable bonds is 5. The monoisotopic (exact) mass is 409 g/mol. The topological polar surface area (TPSA) is 115 Å². The number of nitrogens with two attached hydrogens (primary N) is 1. The maximum Gasteiger partial charge on any atom is 0.308 e. The SMILES string of the molecule is NS(=O)(=O)c1ccc(-n2nc(Cl)c(CC(=O)O)c2-c2ccc(F)cc2)cc1. The molecular weight excluding hydrogens is 397 g/mol. The van der Waals surface area contributed by atoms with E-state index in [-0.39, 0.29) is 22.0 Å². The van der Waals surface area contributed by atoms with E-state index in [0.29, 0.717) is 16.9 Å². The quantitative estimate of drug-likeness (QED) is 0.672. The van der Waals surface area contributed by atoms with Gasteiger partial charge in [0.25, 0.3) is 0 Å². The maximum absolute atomic E-state index is 13.3. The van der Waals surface area contributed by atoms with Crippen LogP contribution in [0.1, 0.15) is 5.56 Å². The minimum absolute atomic E-state index is 0.0211. The maximum atomic E-state index is 13.3. The van der Waals surface area contributed by atoms with Crippen LogP contribution in [-0.2, 0) is 21.2 Å². The summed E-state index contributed by atoms with van der Waals surface area (Å²) in [5, 5.41) is 18.4. The van der Waals surface area contributed by atoms with Crippen molar-refractivity contribution in [1.82, 2.24) is 9.78 Å². The molecule has 2 aromatic carbocycles. The Hall–Kier alpha value is -2.75. The molecule has 1 heterocycles. The standard InChI is InChI=1S/C17H13ClFN3O4S/c18-17-14(9-15(23)24)16(10-1-3-11(19)4-2-10)22(21-17)12-5-7-13(8-6-12)27(20,25)26/h1-8H,9H2,(H,23,24)(H2,20,25,26). The van der Waals surface area contributed by atoms with Crippen molar-refractivity contribution in [2.75, 3.05) is 0 Å². The van der Waals surface area contributed by atoms with Crippen LogP contribution in [0.25, 0.3) is 16.9 Å². The Kier molecular flexibility index (Phi) is 5.01. The fourth-order valence-corrected chi connectivity index (χ4v) is 3.35. The summed E-state index contributed by atoms with van der Waals surface area (Å²) in [5.74, 6) is -1.56. The van der Waals surface area contributed by atoms with Gasteiger partial charge in [-0.3, -0.25) is 4.79 Å². The molecule has 1 aromatic heterocycles. The second-order valence-corrected chi connectivity index (χ2v) is 7.57. The molecule has 0 atom stereocenters. The molecule has 3 aromatic rings. The summed E-state index contributed by atoms with van der Waals surface area (Å²) < 4.78 is 37.5. The number of sulfonamides is 1. The molecule has 3 N–H and O–H groups in total. The van der Waals surface area contributed by atoms with Gasteiger partial charge in [-0.1, -0.05) is 11.6 Å². The fraction of sp³-hybridized carbons (Fsp3) is 0.0588. The molecule has 0 unspecified atom stereocenters. The van der Waals surface area contributed by atoms with Gasteiger partial charge in [0.05, 0.1) is 22.7 Å². The zero-order valence-corrected chi connectivity index (χ0v) is 15.2. The summed E-state index contributed by atoms with van der Waals surface area (Å²) in [6, 6.07) is 10.9. The van der Waals surface area contributed by atoms with E-state index in [4.69, 9.17) is 16.7 Å². The van der Waals surface area contributed by atoms with E-state index in [1.54, 1.807) is 0 Å². The Balaban J connectivity index is 2.20. The molecule has 0 aliphatic carbocycles. The first-order chi connectivity index (χ1) is 12.7. The Bertz CT molecular complexity index is 1110. The first-order valence-corrected chi connectivity index (χ1v) is 9.47. The lowest BCUT2D eigenvalue weighted by Gasteiger charge is -2.10. The summed E-state index contributed by atoms with van der Waals surface area (Å²) in [4.78, 5) is 11.1. The van der Waals surface area contributed by atoms with Gasteiger partial charge in [0, 0.05) is 11.1 Å². The molecule has 0 saturated carbocycles. The number of benzene rings is 2. The average molecular weight is 410 g/mol. The van der Waals surface area contributed by atoms with Gasteiger partial charge in [-0.2, -0.15) is 5.10 Å². The number of carboxylic acids is 1. The van der Waals surface area contributed by atoms with Gasteiger partial charge in [0.2, 0.25) is 10.0 Å². The minimum atomic E-state index is -3.86. The molecule has 0 aliphatic heterocycles. The van der Waals surface area contributed by atoms with Crippen molar-refractivity contribution in [1.29, 1.82) is 0 Å². The van der Waals surface area contributed by atoms with Crippen molar-refractivity contribution in [3.05, 3.63) is 65.1 Å². The average Bonchev–Trinajstić information content (AvgIpc) is 2.91. The third-order valence-corrected chi connectivity index (χ3v) is 5.02. The van der Waals surface area contributed by atoms with Crippen LogP contribution in [0.4, 0.5) is 4.39 Å². The van der Waals surface area contributed by atoms with E-state index in [2.05, 4.69) is 5.10 Å². The van der Waals surface area contributed by atoms with Crippen LogP contribution >= 0.6 is 11.6 Å². The van der Waals surface area contributed by atoms with Crippen LogP contribution in [0.3, 0.4) is 0 Å². The number of hydrogen-bond acceptors (Lipinski definition) is 4. The lowest BCUT2D eigenvalue weighted by molar-refractivity contribution is -0.136. The minimum Gasteiger partial charge on any atom is -0.481 e. The summed E-state index contributed by atoms with van der Waals surface area (Å²) in [6.45, 7) is 0. The van der Waals surface area contributed by atoms with Crippen LogP contribution in [0.2, 0.25) is 5.15 Å². The van der Waals surface area contributed by atoms with Crippen molar-refractivity contribution >= 4 is 27.6 Å². The number of hydrogen-bond donors (Lipinski definition) is 2. The molecule has 0 amide bonds. The smallest absolute Gasteiger partial charge is 0.308 e. The van der Waals surface area contributed by atoms with Gasteiger partial charge < -0.3 is 5.11 Å². The van der Waals surface area contributed by atoms with Crippen molar-refractivity contribution in [3.63, 3.8) is 0 Å². The largest absolute Gasteiger partial charge is 0.481 e. The Morgan fingerprint density at radius 2 is 1.74 bits per heavy atom. The molecule has 0 aliphatic rings. The molecule has 3 rings (SSSR count). The third kappa shape index (κ3) is 4.00. The highest BCUT2D eigenvalue weighted by Crippen LogP contribution is 2.32. The predicted octanol–water partition coefficient (Wildman–Crippen LogP) is 2.61. The van der Waals surface area contributed by atoms with Crippen LogP contribution in [0.5, 0.6) is 0 Å². The number of aromatic nitrogens is 2. The molecule has 0 bridgehead atoms. The zero-order valence-electron chi connectivity index (χ0n) is 13.6. The first-order valence-electron chi connectivity index (χ1n) is 7.55. The number of aliphatic carboxylic acids is 1. The Morgan fingerprint density at radius 1 is 1.15 bits per heavy atom. The predicted molar refractivity (Wildman–Crippen MR) is 96.7 cm³/mol. The molecule has 0 spiro atoms. The van der Waals surface area contributed by atoms with Crippen LogP contribution in [0.15, 0.2) is 53.4 Å². The normalized spacial score (nSPS) is 11.5. The van der Waals surface area contributed by atoms with Crippen LogP contribution in [0, 0.1) is 5.82 Å². The van der Waals surface area contributed by atoms with Gasteiger partial charge in [-0.15, -0.1) is 0 Å². The lowest BCUT2D eigenvalue weighted by atomic mass is 10.1.